The summed E-state index contributed by atoms with van der Waals surface area (Å²) >= 11 is 0. The first-order valence-corrected chi connectivity index (χ1v) is 27.0. The fraction of sp³-hybridized carbons (Fsp3) is 0.649. The van der Waals surface area contributed by atoms with E-state index in [0.717, 1.165) is 118 Å². The second-order valence-corrected chi connectivity index (χ2v) is 23.6. The van der Waals surface area contributed by atoms with Crippen LogP contribution in [0.1, 0.15) is 133 Å². The van der Waals surface area contributed by atoms with Gasteiger partial charge in [-0.2, -0.15) is 0 Å². The number of imidazole rings is 2. The molecule has 12 aliphatic rings. The van der Waals surface area contributed by atoms with Crippen molar-refractivity contribution in [2.45, 2.75) is 159 Å². The third-order valence-corrected chi connectivity index (χ3v) is 19.6. The van der Waals surface area contributed by atoms with E-state index in [9.17, 15) is 28.6 Å². The molecule has 8 atom stereocenters. The van der Waals surface area contributed by atoms with Gasteiger partial charge in [-0.3, -0.25) is 0 Å². The molecule has 0 spiro atoms. The third kappa shape index (κ3) is 9.19. The molecule has 14 nitrogen and oxygen atoms in total. The van der Waals surface area contributed by atoms with Crippen molar-refractivity contribution in [2.24, 2.45) is 57.1 Å². The van der Waals surface area contributed by atoms with Crippen LogP contribution in [0.3, 0.4) is 0 Å². The maximum Gasteiger partial charge on any atom is 0.315 e. The van der Waals surface area contributed by atoms with E-state index in [-0.39, 0.29) is 66.1 Å². The number of urea groups is 1. The number of carbonyl (C=O) groups excluding carboxylic acids is 2. The zero-order valence-corrected chi connectivity index (χ0v) is 41.1. The van der Waals surface area contributed by atoms with Gasteiger partial charge in [0.05, 0.1) is 66.8 Å². The van der Waals surface area contributed by atoms with Crippen LogP contribution in [-0.2, 0) is 14.3 Å². The molecule has 10 fully saturated rings. The minimum absolute atomic E-state index is 0. The van der Waals surface area contributed by atoms with E-state index in [1.807, 2.05) is 21.3 Å². The molecule has 2 aromatic carbocycles. The van der Waals surface area contributed by atoms with E-state index in [4.69, 9.17) is 15.2 Å². The summed E-state index contributed by atoms with van der Waals surface area (Å²) in [6.07, 6.45) is 23.1. The topological polar surface area (TPSA) is 191 Å². The summed E-state index contributed by atoms with van der Waals surface area (Å²) in [4.78, 5) is 34.8. The van der Waals surface area contributed by atoms with E-state index >= 15 is 0 Å². The molecule has 16 heteroatoms. The highest BCUT2D eigenvalue weighted by molar-refractivity contribution is 5.75. The second kappa shape index (κ2) is 20.4. The number of benzene rings is 2. The van der Waals surface area contributed by atoms with Gasteiger partial charge in [-0.05, 0) is 161 Å². The number of aliphatic imine (C=N–C) groups is 1. The summed E-state index contributed by atoms with van der Waals surface area (Å²) in [6.45, 7) is 2.88. The highest BCUT2D eigenvalue weighted by Gasteiger charge is 2.59. The maximum absolute atomic E-state index is 15.0. The van der Waals surface area contributed by atoms with E-state index in [2.05, 4.69) is 25.6 Å². The van der Waals surface area contributed by atoms with Gasteiger partial charge in [0, 0.05) is 66.8 Å². The van der Waals surface area contributed by atoms with Gasteiger partial charge in [-0.25, -0.2) is 33.3 Å². The van der Waals surface area contributed by atoms with Crippen molar-refractivity contribution < 1.29 is 38.1 Å². The Balaban J connectivity index is 0.000000136. The average Bonchev–Trinajstić information content (AvgIpc) is 4.17. The van der Waals surface area contributed by atoms with E-state index < -0.39 is 12.2 Å². The van der Waals surface area contributed by atoms with Crippen LogP contribution in [0, 0.1) is 58.0 Å². The number of halogens is 2. The van der Waals surface area contributed by atoms with Crippen molar-refractivity contribution in [1.82, 2.24) is 29.7 Å². The molecule has 73 heavy (non-hydrogen) atoms. The molecule has 2 amide bonds. The number of isocyanates is 1. The van der Waals surface area contributed by atoms with Gasteiger partial charge < -0.3 is 45.2 Å². The van der Waals surface area contributed by atoms with E-state index in [0.29, 0.717) is 73.2 Å². The maximum atomic E-state index is 15.0. The fourth-order valence-electron chi connectivity index (χ4n) is 16.8. The molecule has 0 radical (unpaired) electrons. The van der Waals surface area contributed by atoms with Crippen LogP contribution < -0.4 is 16.4 Å². The fourth-order valence-corrected chi connectivity index (χ4v) is 16.8. The number of nitrogens with zero attached hydrogens (tertiary/aromatic N) is 5. The number of rotatable bonds is 9. The zero-order valence-electron chi connectivity index (χ0n) is 41.1. The Labute approximate surface area is 427 Å². The van der Waals surface area contributed by atoms with Crippen LogP contribution in [0.2, 0.25) is 0 Å². The molecule has 8 aliphatic carbocycles. The minimum Gasteiger partial charge on any atom is -0.392 e. The van der Waals surface area contributed by atoms with Gasteiger partial charge in [0.25, 0.3) is 0 Å². The van der Waals surface area contributed by atoms with Crippen LogP contribution in [0.4, 0.5) is 13.6 Å². The smallest absolute Gasteiger partial charge is 0.315 e. The van der Waals surface area contributed by atoms with Crippen molar-refractivity contribution in [3.63, 3.8) is 0 Å². The van der Waals surface area contributed by atoms with Crippen LogP contribution in [0.15, 0.2) is 66.4 Å². The number of aliphatic hydroxyl groups is 2. The lowest BCUT2D eigenvalue weighted by Crippen LogP contribution is -2.63. The third-order valence-electron chi connectivity index (χ3n) is 19.6. The number of aromatic nitrogens is 4. The van der Waals surface area contributed by atoms with Crippen molar-refractivity contribution in [2.75, 3.05) is 26.4 Å². The van der Waals surface area contributed by atoms with Gasteiger partial charge in [-0.15, -0.1) is 0 Å². The first-order valence-electron chi connectivity index (χ1n) is 27.0. The standard InChI is InChI=1S/C28H35FN4O3.C22H26FN3O.C6H9NO2.CH4/c29-21-3-1-2-20-23-14-30-15-33(23)22(25(20)21)10-24(34)28-11-16-8-17(12-28)26(18(9-16)13-28)32-27(35)31-19-4-6-36-7-5-19;23-16-3-1-2-15-18-10-25-11-26(18)17(20(15)16)6-19(27)22-7-12-4-13(8-22)21(24)14(5-12)9-22;8-5-7-6-1-3-9-4-2-6;/h1-3,14-19,22,24,26,34H,4-13H2,(H2,31,32,35);1-3,10-14,17,19,21,27H,4-9,24H2;6H,1-4H2;1H4. The van der Waals surface area contributed by atoms with Crippen LogP contribution in [0.25, 0.3) is 22.5 Å². The van der Waals surface area contributed by atoms with Crippen LogP contribution >= 0.6 is 0 Å². The number of amides is 2. The Morgan fingerprint density at radius 1 is 0.726 bits per heavy atom. The van der Waals surface area contributed by atoms with Crippen LogP contribution in [0.5, 0.6) is 0 Å². The highest BCUT2D eigenvalue weighted by atomic mass is 19.1. The monoisotopic (exact) mass is 1000 g/mol. The first-order chi connectivity index (χ1) is 35.0. The lowest BCUT2D eigenvalue weighted by molar-refractivity contribution is -0.136. The molecule has 2 saturated heterocycles. The number of carbonyl (C=O) groups is 1. The molecule has 392 valence electrons. The summed E-state index contributed by atoms with van der Waals surface area (Å²) in [5.41, 5.74) is 11.4. The van der Waals surface area contributed by atoms with Gasteiger partial charge in [0.15, 0.2) is 0 Å². The molecule has 2 aromatic heterocycles. The SMILES string of the molecule is C.NC1C2CC3CC1CC(C(O)CC1c4c(F)cccc4-c4cncn41)(C3)C2.O=C(NC1CCOCC1)NC1C2CC3CC1CC(C(O)CC1c4c(F)cccc4-c4cncn41)(C3)C2.O=C=NC1CCOCC1. The summed E-state index contributed by atoms with van der Waals surface area (Å²) in [7, 11) is 0. The number of ether oxygens (including phenoxy) is 2. The summed E-state index contributed by atoms with van der Waals surface area (Å²) in [6, 6.07) is 10.8. The molecule has 8 unspecified atom stereocenters. The number of hydrogen-bond acceptors (Lipinski definition) is 10. The van der Waals surface area contributed by atoms with Gasteiger partial charge in [0.1, 0.15) is 11.6 Å². The largest absolute Gasteiger partial charge is 0.392 e. The Bertz CT molecular complexity index is 2640. The van der Waals surface area contributed by atoms with Crippen molar-refractivity contribution in [3.05, 3.63) is 84.2 Å². The Hall–Kier alpha value is -4.83. The molecule has 8 bridgehead atoms. The molecule has 6 N–H and O–H groups in total. The lowest BCUT2D eigenvalue weighted by atomic mass is 9.46. The normalized spacial score (nSPS) is 34.6. The van der Waals surface area contributed by atoms with Gasteiger partial charge in [-0.1, -0.05) is 31.7 Å². The highest BCUT2D eigenvalue weighted by Crippen LogP contribution is 2.64. The number of aliphatic hydroxyl groups excluding tert-OH is 2. The number of fused-ring (bicyclic) bond motifs is 6. The Morgan fingerprint density at radius 3 is 1.68 bits per heavy atom. The van der Waals surface area contributed by atoms with E-state index in [1.54, 1.807) is 43.3 Å². The van der Waals surface area contributed by atoms with Gasteiger partial charge in [0.2, 0.25) is 6.08 Å². The number of nitrogens with two attached hydrogens (primary N) is 1. The summed E-state index contributed by atoms with van der Waals surface area (Å²) in [5.74, 6) is 2.83. The predicted molar refractivity (Wildman–Crippen MR) is 271 cm³/mol. The molecule has 4 aromatic rings. The van der Waals surface area contributed by atoms with Gasteiger partial charge >= 0.3 is 6.03 Å². The zero-order chi connectivity index (χ0) is 49.3. The first kappa shape index (κ1) is 50.3. The summed E-state index contributed by atoms with van der Waals surface area (Å²) < 4.78 is 44.2. The quantitative estimate of drug-likeness (QED) is 0.0807. The molecule has 6 heterocycles. The van der Waals surface area contributed by atoms with Crippen molar-refractivity contribution in [3.8, 4) is 22.5 Å². The molecular formula is C57H74F2N8O6. The molecule has 16 rings (SSSR count). The molecular weight excluding hydrogens is 931 g/mol. The average molecular weight is 1010 g/mol. The Kier molecular flexibility index (Phi) is 14.0. The molecule has 4 aliphatic heterocycles. The Morgan fingerprint density at radius 2 is 1.19 bits per heavy atom. The lowest BCUT2D eigenvalue weighted by Gasteiger charge is -2.61. The van der Waals surface area contributed by atoms with Crippen molar-refractivity contribution >= 4 is 12.1 Å². The summed E-state index contributed by atoms with van der Waals surface area (Å²) in [5, 5.41) is 29.7. The van der Waals surface area contributed by atoms with Crippen LogP contribution in [-0.4, -0.2) is 104 Å². The number of hydrogen-bond donors (Lipinski definition) is 5. The predicted octanol–water partition coefficient (Wildman–Crippen LogP) is 8.65. The number of nitrogens with one attached hydrogen (secondary N) is 2. The minimum atomic E-state index is -0.520. The molecule has 8 saturated carbocycles. The van der Waals surface area contributed by atoms with E-state index in [1.165, 1.54) is 25.0 Å². The van der Waals surface area contributed by atoms with Crippen molar-refractivity contribution in [1.29, 1.82) is 0 Å². The second-order valence-electron chi connectivity index (χ2n) is 23.6.